The van der Waals surface area contributed by atoms with Crippen molar-refractivity contribution in [1.82, 2.24) is 5.32 Å². The van der Waals surface area contributed by atoms with Gasteiger partial charge in [-0.2, -0.15) is 0 Å². The Morgan fingerprint density at radius 1 is 0.900 bits per heavy atom. The van der Waals surface area contributed by atoms with Gasteiger partial charge >= 0.3 is 0 Å². The van der Waals surface area contributed by atoms with E-state index in [1.807, 2.05) is 38.1 Å². The third-order valence-corrected chi connectivity index (χ3v) is 3.96. The molecule has 0 radical (unpaired) electrons. The Kier molecular flexibility index (Phi) is 19.1. The number of ether oxygens (including phenoxy) is 4. The van der Waals surface area contributed by atoms with Gasteiger partial charge in [0.15, 0.2) is 5.96 Å². The van der Waals surface area contributed by atoms with Crippen LogP contribution in [0.2, 0.25) is 0 Å². The van der Waals surface area contributed by atoms with Gasteiger partial charge in [-0.05, 0) is 63.8 Å². The van der Waals surface area contributed by atoms with Crippen LogP contribution in [0.15, 0.2) is 29.3 Å². The van der Waals surface area contributed by atoms with Gasteiger partial charge in [-0.1, -0.05) is 0 Å². The van der Waals surface area contributed by atoms with Crippen LogP contribution < -0.4 is 15.4 Å². The summed E-state index contributed by atoms with van der Waals surface area (Å²) in [5, 5.41) is 6.78. The number of aliphatic imine (C=N–C) groups is 1. The minimum absolute atomic E-state index is 0. The summed E-state index contributed by atoms with van der Waals surface area (Å²) in [6, 6.07) is 7.94. The standard InChI is InChI=1S/C22H39N3O4.HI/c1-19(2)29-21-11-9-20(10-12-21)25-22(23-13-6-5-7-15-26-3)24-14-8-16-28-18-17-27-4;/h9-12,19H,5-8,13-18H2,1-4H3,(H2,23,24,25);1H. The first-order valence-corrected chi connectivity index (χ1v) is 10.5. The summed E-state index contributed by atoms with van der Waals surface area (Å²) >= 11 is 0. The Hall–Kier alpha value is -1.10. The smallest absolute Gasteiger partial charge is 0.195 e. The van der Waals surface area contributed by atoms with Gasteiger partial charge in [0.05, 0.1) is 19.3 Å². The van der Waals surface area contributed by atoms with Crippen LogP contribution in [0.4, 0.5) is 5.69 Å². The average Bonchev–Trinajstić information content (AvgIpc) is 2.70. The molecule has 0 aliphatic rings. The average molecular weight is 537 g/mol. The molecule has 1 aromatic carbocycles. The molecule has 0 spiro atoms. The molecule has 7 nitrogen and oxygen atoms in total. The topological polar surface area (TPSA) is 73.3 Å². The lowest BCUT2D eigenvalue weighted by molar-refractivity contribution is 0.0702. The molecule has 1 rings (SSSR count). The summed E-state index contributed by atoms with van der Waals surface area (Å²) in [7, 11) is 3.41. The Bertz CT molecular complexity index is 542. The Morgan fingerprint density at radius 2 is 1.63 bits per heavy atom. The Morgan fingerprint density at radius 3 is 2.30 bits per heavy atom. The van der Waals surface area contributed by atoms with Gasteiger partial charge in [-0.25, -0.2) is 0 Å². The zero-order chi connectivity index (χ0) is 21.2. The fourth-order valence-corrected chi connectivity index (χ4v) is 2.52. The summed E-state index contributed by atoms with van der Waals surface area (Å²) in [6.45, 7) is 8.34. The number of rotatable bonds is 16. The van der Waals surface area contributed by atoms with Crippen molar-refractivity contribution in [3.05, 3.63) is 24.3 Å². The van der Waals surface area contributed by atoms with Gasteiger partial charge in [0.1, 0.15) is 5.75 Å². The molecule has 0 saturated heterocycles. The molecule has 0 heterocycles. The van der Waals surface area contributed by atoms with Crippen LogP contribution >= 0.6 is 24.0 Å². The SMILES string of the molecule is COCCCCCNC(=NCCCOCCOC)Nc1ccc(OC(C)C)cc1.I. The van der Waals surface area contributed by atoms with Crippen LogP contribution in [-0.2, 0) is 14.2 Å². The number of guanidine groups is 1. The van der Waals surface area contributed by atoms with Gasteiger partial charge in [-0.15, -0.1) is 24.0 Å². The van der Waals surface area contributed by atoms with Crippen molar-refractivity contribution >= 4 is 35.6 Å². The minimum atomic E-state index is 0. The molecular weight excluding hydrogens is 497 g/mol. The highest BCUT2D eigenvalue weighted by Gasteiger charge is 2.02. The summed E-state index contributed by atoms with van der Waals surface area (Å²) in [5.74, 6) is 1.65. The van der Waals surface area contributed by atoms with Crippen molar-refractivity contribution < 1.29 is 18.9 Å². The first kappa shape index (κ1) is 28.9. The van der Waals surface area contributed by atoms with E-state index in [1.165, 1.54) is 0 Å². The maximum atomic E-state index is 5.70. The molecule has 8 heteroatoms. The molecule has 0 fully saturated rings. The minimum Gasteiger partial charge on any atom is -0.491 e. The van der Waals surface area contributed by atoms with Gasteiger partial charge in [0, 0.05) is 46.2 Å². The van der Waals surface area contributed by atoms with E-state index < -0.39 is 0 Å². The number of hydrogen-bond donors (Lipinski definition) is 2. The highest BCUT2D eigenvalue weighted by Crippen LogP contribution is 2.16. The number of halogens is 1. The molecule has 0 unspecified atom stereocenters. The van der Waals surface area contributed by atoms with Crippen LogP contribution in [0, 0.1) is 0 Å². The van der Waals surface area contributed by atoms with Crippen LogP contribution in [0.25, 0.3) is 0 Å². The van der Waals surface area contributed by atoms with Crippen LogP contribution in [0.1, 0.15) is 39.5 Å². The fourth-order valence-electron chi connectivity index (χ4n) is 2.52. The third kappa shape index (κ3) is 15.7. The quantitative estimate of drug-likeness (QED) is 0.142. The fraction of sp³-hybridized carbons (Fsp3) is 0.682. The molecule has 0 bridgehead atoms. The Labute approximate surface area is 199 Å². The zero-order valence-electron chi connectivity index (χ0n) is 18.9. The number of benzene rings is 1. The van der Waals surface area contributed by atoms with Gasteiger partial charge in [0.25, 0.3) is 0 Å². The predicted molar refractivity (Wildman–Crippen MR) is 135 cm³/mol. The molecule has 1 aromatic rings. The second-order valence-corrected chi connectivity index (χ2v) is 6.99. The molecule has 0 aliphatic carbocycles. The van der Waals surface area contributed by atoms with E-state index in [0.29, 0.717) is 26.4 Å². The summed E-state index contributed by atoms with van der Waals surface area (Å²) < 4.78 is 21.3. The second kappa shape index (κ2) is 19.8. The van der Waals surface area contributed by atoms with E-state index >= 15 is 0 Å². The van der Waals surface area contributed by atoms with Gasteiger partial charge in [-0.3, -0.25) is 4.99 Å². The largest absolute Gasteiger partial charge is 0.491 e. The lowest BCUT2D eigenvalue weighted by atomic mass is 10.2. The normalized spacial score (nSPS) is 11.3. The van der Waals surface area contributed by atoms with Gasteiger partial charge in [0.2, 0.25) is 0 Å². The van der Waals surface area contributed by atoms with Crippen molar-refractivity contribution in [3.8, 4) is 5.75 Å². The first-order valence-electron chi connectivity index (χ1n) is 10.5. The maximum absolute atomic E-state index is 5.70. The van der Waals surface area contributed by atoms with Crippen molar-refractivity contribution in [2.45, 2.75) is 45.6 Å². The molecule has 0 amide bonds. The van der Waals surface area contributed by atoms with Gasteiger partial charge < -0.3 is 29.6 Å². The molecule has 30 heavy (non-hydrogen) atoms. The molecule has 0 aromatic heterocycles. The number of unbranched alkanes of at least 4 members (excludes halogenated alkanes) is 2. The molecule has 2 N–H and O–H groups in total. The number of nitrogens with zero attached hydrogens (tertiary/aromatic N) is 1. The van der Waals surface area contributed by atoms with Crippen LogP contribution in [0.3, 0.4) is 0 Å². The highest BCUT2D eigenvalue weighted by molar-refractivity contribution is 14.0. The maximum Gasteiger partial charge on any atom is 0.195 e. The van der Waals surface area contributed by atoms with Crippen LogP contribution in [-0.4, -0.2) is 65.8 Å². The number of anilines is 1. The number of methoxy groups -OCH3 is 2. The first-order chi connectivity index (χ1) is 14.2. The van der Waals surface area contributed by atoms with E-state index in [2.05, 4.69) is 15.6 Å². The predicted octanol–water partition coefficient (Wildman–Crippen LogP) is 4.32. The van der Waals surface area contributed by atoms with E-state index in [1.54, 1.807) is 14.2 Å². The van der Waals surface area contributed by atoms with E-state index in [9.17, 15) is 0 Å². The number of nitrogens with one attached hydrogen (secondary N) is 2. The molecule has 0 aliphatic heterocycles. The van der Waals surface area contributed by atoms with Crippen molar-refractivity contribution in [2.75, 3.05) is 59.1 Å². The van der Waals surface area contributed by atoms with E-state index in [-0.39, 0.29) is 30.1 Å². The monoisotopic (exact) mass is 537 g/mol. The lowest BCUT2D eigenvalue weighted by Gasteiger charge is -2.14. The zero-order valence-corrected chi connectivity index (χ0v) is 21.3. The van der Waals surface area contributed by atoms with Crippen molar-refractivity contribution in [2.24, 2.45) is 4.99 Å². The van der Waals surface area contributed by atoms with E-state index in [4.69, 9.17) is 18.9 Å². The van der Waals surface area contributed by atoms with Crippen LogP contribution in [0.5, 0.6) is 5.75 Å². The second-order valence-electron chi connectivity index (χ2n) is 6.99. The molecule has 0 saturated carbocycles. The molecular formula is C22H40IN3O4. The van der Waals surface area contributed by atoms with E-state index in [0.717, 1.165) is 56.2 Å². The van der Waals surface area contributed by atoms with Crippen molar-refractivity contribution in [3.63, 3.8) is 0 Å². The highest BCUT2D eigenvalue weighted by atomic mass is 127. The van der Waals surface area contributed by atoms with Crippen molar-refractivity contribution in [1.29, 1.82) is 0 Å². The number of hydrogen-bond acceptors (Lipinski definition) is 5. The summed E-state index contributed by atoms with van der Waals surface area (Å²) in [6.07, 6.45) is 4.31. The lowest BCUT2D eigenvalue weighted by Crippen LogP contribution is -2.32. The summed E-state index contributed by atoms with van der Waals surface area (Å²) in [5.41, 5.74) is 0.975. The summed E-state index contributed by atoms with van der Waals surface area (Å²) in [4.78, 5) is 4.67. The third-order valence-electron chi connectivity index (χ3n) is 3.96. The molecule has 174 valence electrons. The Balaban J connectivity index is 0.00000841. The molecule has 0 atom stereocenters.